The highest BCUT2D eigenvalue weighted by Gasteiger charge is 2.04. The number of aromatic nitrogens is 1. The largest absolute Gasteiger partial charge is 0.360 e. The van der Waals surface area contributed by atoms with E-state index in [9.17, 15) is 0 Å². The van der Waals surface area contributed by atoms with Gasteiger partial charge in [0.25, 0.3) is 0 Å². The first-order valence-corrected chi connectivity index (χ1v) is 3.39. The van der Waals surface area contributed by atoms with Gasteiger partial charge in [0, 0.05) is 6.07 Å². The van der Waals surface area contributed by atoms with Crippen molar-refractivity contribution < 1.29 is 4.52 Å². The SMILES string of the molecule is CC(C)c1cc(CN)on1.Cl. The molecule has 0 bridgehead atoms. The molecule has 64 valence electrons. The number of nitrogens with two attached hydrogens (primary N) is 1. The first-order valence-electron chi connectivity index (χ1n) is 3.39. The van der Waals surface area contributed by atoms with Gasteiger partial charge in [-0.15, -0.1) is 12.4 Å². The van der Waals surface area contributed by atoms with Crippen molar-refractivity contribution in [1.29, 1.82) is 0 Å². The van der Waals surface area contributed by atoms with Crippen molar-refractivity contribution in [2.24, 2.45) is 5.73 Å². The van der Waals surface area contributed by atoms with Crippen molar-refractivity contribution in [2.45, 2.75) is 26.3 Å². The van der Waals surface area contributed by atoms with Crippen molar-refractivity contribution in [2.75, 3.05) is 0 Å². The summed E-state index contributed by atoms with van der Waals surface area (Å²) in [4.78, 5) is 0. The molecular formula is C7H13ClN2O. The van der Waals surface area contributed by atoms with Crippen molar-refractivity contribution in [3.8, 4) is 0 Å². The second-order valence-electron chi connectivity index (χ2n) is 2.58. The molecular weight excluding hydrogens is 164 g/mol. The van der Waals surface area contributed by atoms with Crippen LogP contribution in [-0.2, 0) is 6.54 Å². The summed E-state index contributed by atoms with van der Waals surface area (Å²) < 4.78 is 4.90. The fourth-order valence-electron chi connectivity index (χ4n) is 0.697. The zero-order valence-corrected chi connectivity index (χ0v) is 7.52. The number of rotatable bonds is 2. The van der Waals surface area contributed by atoms with Gasteiger partial charge in [0.15, 0.2) is 5.76 Å². The average molecular weight is 177 g/mol. The summed E-state index contributed by atoms with van der Waals surface area (Å²) in [6.45, 7) is 4.57. The molecule has 11 heavy (non-hydrogen) atoms. The molecule has 0 aliphatic carbocycles. The molecule has 3 nitrogen and oxygen atoms in total. The van der Waals surface area contributed by atoms with Crippen LogP contribution in [0.2, 0.25) is 0 Å². The Morgan fingerprint density at radius 1 is 1.64 bits per heavy atom. The molecule has 0 fully saturated rings. The summed E-state index contributed by atoms with van der Waals surface area (Å²) in [7, 11) is 0. The number of nitrogens with zero attached hydrogens (tertiary/aromatic N) is 1. The number of hydrogen-bond donors (Lipinski definition) is 1. The minimum absolute atomic E-state index is 0. The number of halogens is 1. The van der Waals surface area contributed by atoms with Gasteiger partial charge in [-0.05, 0) is 5.92 Å². The molecule has 0 saturated heterocycles. The van der Waals surface area contributed by atoms with E-state index in [-0.39, 0.29) is 12.4 Å². The highest BCUT2D eigenvalue weighted by molar-refractivity contribution is 5.85. The Morgan fingerprint density at radius 3 is 2.55 bits per heavy atom. The Bertz CT molecular complexity index is 210. The molecule has 1 aromatic rings. The van der Waals surface area contributed by atoms with Crippen LogP contribution in [-0.4, -0.2) is 5.16 Å². The van der Waals surface area contributed by atoms with E-state index in [1.165, 1.54) is 0 Å². The summed E-state index contributed by atoms with van der Waals surface area (Å²) in [5.74, 6) is 1.17. The molecule has 0 spiro atoms. The van der Waals surface area contributed by atoms with E-state index in [0.717, 1.165) is 11.5 Å². The lowest BCUT2D eigenvalue weighted by Crippen LogP contribution is -1.93. The van der Waals surface area contributed by atoms with Crippen molar-refractivity contribution >= 4 is 12.4 Å². The zero-order valence-electron chi connectivity index (χ0n) is 6.70. The van der Waals surface area contributed by atoms with Crippen LogP contribution < -0.4 is 5.73 Å². The fourth-order valence-corrected chi connectivity index (χ4v) is 0.697. The molecule has 1 heterocycles. The van der Waals surface area contributed by atoms with Gasteiger partial charge in [0.2, 0.25) is 0 Å². The Labute approximate surface area is 72.3 Å². The summed E-state index contributed by atoms with van der Waals surface area (Å²) in [5.41, 5.74) is 6.30. The Kier molecular flexibility index (Phi) is 4.15. The third kappa shape index (κ3) is 2.52. The van der Waals surface area contributed by atoms with E-state index in [1.54, 1.807) is 0 Å². The number of hydrogen-bond acceptors (Lipinski definition) is 3. The maximum atomic E-state index is 5.33. The second kappa shape index (κ2) is 4.36. The van der Waals surface area contributed by atoms with Gasteiger partial charge in [0.1, 0.15) is 0 Å². The monoisotopic (exact) mass is 176 g/mol. The molecule has 0 amide bonds. The molecule has 2 N–H and O–H groups in total. The first-order chi connectivity index (χ1) is 4.74. The Balaban J connectivity index is 0.000001000. The molecule has 0 atom stereocenters. The van der Waals surface area contributed by atoms with Crippen molar-refractivity contribution in [1.82, 2.24) is 5.16 Å². The van der Waals surface area contributed by atoms with Crippen LogP contribution in [0.5, 0.6) is 0 Å². The average Bonchev–Trinajstić information content (AvgIpc) is 2.34. The molecule has 1 rings (SSSR count). The van der Waals surface area contributed by atoms with Crippen LogP contribution in [0.3, 0.4) is 0 Å². The van der Waals surface area contributed by atoms with Crippen LogP contribution in [0.4, 0.5) is 0 Å². The van der Waals surface area contributed by atoms with Crippen LogP contribution in [0.1, 0.15) is 31.2 Å². The van der Waals surface area contributed by atoms with Gasteiger partial charge < -0.3 is 10.3 Å². The lowest BCUT2D eigenvalue weighted by molar-refractivity contribution is 0.376. The predicted octanol–water partition coefficient (Wildman–Crippen LogP) is 1.68. The quantitative estimate of drug-likeness (QED) is 0.746. The molecule has 0 aromatic carbocycles. The first kappa shape index (κ1) is 10.5. The van der Waals surface area contributed by atoms with Crippen molar-refractivity contribution in [3.05, 3.63) is 17.5 Å². The molecule has 0 aliphatic rings. The minimum atomic E-state index is 0. The van der Waals surface area contributed by atoms with Gasteiger partial charge in [-0.2, -0.15) is 0 Å². The van der Waals surface area contributed by atoms with Crippen LogP contribution in [0.15, 0.2) is 10.6 Å². The van der Waals surface area contributed by atoms with E-state index >= 15 is 0 Å². The molecule has 0 unspecified atom stereocenters. The molecule has 0 radical (unpaired) electrons. The Morgan fingerprint density at radius 2 is 2.27 bits per heavy atom. The van der Waals surface area contributed by atoms with Gasteiger partial charge in [-0.25, -0.2) is 0 Å². The summed E-state index contributed by atoms with van der Waals surface area (Å²) in [6.07, 6.45) is 0. The van der Waals surface area contributed by atoms with Crippen LogP contribution in [0.25, 0.3) is 0 Å². The van der Waals surface area contributed by atoms with Crippen molar-refractivity contribution in [3.63, 3.8) is 0 Å². The normalized spacial score (nSPS) is 9.82. The summed E-state index contributed by atoms with van der Waals surface area (Å²) >= 11 is 0. The third-order valence-corrected chi connectivity index (χ3v) is 1.37. The second-order valence-corrected chi connectivity index (χ2v) is 2.58. The lowest BCUT2D eigenvalue weighted by Gasteiger charge is -1.92. The highest BCUT2D eigenvalue weighted by Crippen LogP contribution is 2.12. The molecule has 1 aromatic heterocycles. The minimum Gasteiger partial charge on any atom is -0.360 e. The highest BCUT2D eigenvalue weighted by atomic mass is 35.5. The molecule has 0 saturated carbocycles. The van der Waals surface area contributed by atoms with E-state index in [1.807, 2.05) is 6.07 Å². The van der Waals surface area contributed by atoms with E-state index in [2.05, 4.69) is 19.0 Å². The van der Waals surface area contributed by atoms with Crippen LogP contribution in [0, 0.1) is 0 Å². The van der Waals surface area contributed by atoms with Gasteiger partial charge in [0.05, 0.1) is 12.2 Å². The zero-order chi connectivity index (χ0) is 7.56. The lowest BCUT2D eigenvalue weighted by atomic mass is 10.1. The predicted molar refractivity (Wildman–Crippen MR) is 45.7 cm³/mol. The smallest absolute Gasteiger partial charge is 0.150 e. The maximum absolute atomic E-state index is 5.33. The van der Waals surface area contributed by atoms with E-state index in [0.29, 0.717) is 12.5 Å². The van der Waals surface area contributed by atoms with Crippen LogP contribution >= 0.6 is 12.4 Å². The fraction of sp³-hybridized carbons (Fsp3) is 0.571. The molecule has 0 aliphatic heterocycles. The molecule has 4 heteroatoms. The van der Waals surface area contributed by atoms with E-state index < -0.39 is 0 Å². The Hall–Kier alpha value is -0.540. The summed E-state index contributed by atoms with van der Waals surface area (Å²) in [6, 6.07) is 1.89. The van der Waals surface area contributed by atoms with Gasteiger partial charge in [-0.3, -0.25) is 0 Å². The standard InChI is InChI=1S/C7H12N2O.ClH/c1-5(2)7-3-6(4-8)10-9-7;/h3,5H,4,8H2,1-2H3;1H. The summed E-state index contributed by atoms with van der Waals surface area (Å²) in [5, 5.41) is 3.83. The van der Waals surface area contributed by atoms with Gasteiger partial charge >= 0.3 is 0 Å². The topological polar surface area (TPSA) is 52.0 Å². The third-order valence-electron chi connectivity index (χ3n) is 1.37. The maximum Gasteiger partial charge on any atom is 0.150 e. The van der Waals surface area contributed by atoms with E-state index in [4.69, 9.17) is 10.3 Å². The van der Waals surface area contributed by atoms with Gasteiger partial charge in [-0.1, -0.05) is 19.0 Å².